The molecule has 0 amide bonds. The van der Waals surface area contributed by atoms with E-state index in [-0.39, 0.29) is 8.01 Å². The van der Waals surface area contributed by atoms with E-state index in [0.717, 1.165) is 0 Å². The highest BCUT2D eigenvalue weighted by Gasteiger charge is 1.60. The quantitative estimate of drug-likeness (QED) is 0.343. The minimum absolute atomic E-state index is 0.0571. The molecule has 1 N–H and O–H groups in total. The lowest BCUT2D eigenvalue weighted by Gasteiger charge is -1.49. The van der Waals surface area contributed by atoms with Gasteiger partial charge in [0.05, 0.1) is 0 Å². The van der Waals surface area contributed by atoms with Crippen LogP contribution in [0.4, 0.5) is 0 Å². The summed E-state index contributed by atoms with van der Waals surface area (Å²) >= 11 is 0. The Morgan fingerprint density at radius 1 is 2.00 bits per heavy atom. The van der Waals surface area contributed by atoms with E-state index < -0.39 is 9.43 Å². The zero-order chi connectivity index (χ0) is 3.41. The monoisotopic (exact) mass is 94.0 g/mol. The van der Waals surface area contributed by atoms with Crippen molar-refractivity contribution in [1.82, 2.24) is 0 Å². The van der Waals surface area contributed by atoms with E-state index in [2.05, 4.69) is 0 Å². The summed E-state index contributed by atoms with van der Waals surface area (Å²) in [5, 5.41) is 0. The lowest BCUT2D eigenvalue weighted by Crippen LogP contribution is -1.61. The van der Waals surface area contributed by atoms with E-state index in [4.69, 9.17) is 9.36 Å². The molecule has 0 aliphatic heterocycles. The van der Waals surface area contributed by atoms with Crippen LogP contribution in [-0.2, 0) is 4.57 Å². The predicted octanol–water partition coefficient (Wildman–Crippen LogP) is -0.731. The largest absolute Gasteiger partial charge is 0.427 e. The molecule has 0 spiro atoms. The summed E-state index contributed by atoms with van der Waals surface area (Å²) in [6.07, 6.45) is 0. The van der Waals surface area contributed by atoms with Crippen LogP contribution in [0.25, 0.3) is 0 Å². The number of hydrogen-bond donors (Lipinski definition) is 1. The fraction of sp³-hybridized carbons (Fsp3) is 0. The molecule has 0 saturated carbocycles. The first-order valence-corrected chi connectivity index (χ1v) is 4.34. The van der Waals surface area contributed by atoms with Gasteiger partial charge >= 0.3 is 0 Å². The van der Waals surface area contributed by atoms with Gasteiger partial charge in [0.25, 0.3) is 9.43 Å². The zero-order valence-electron chi connectivity index (χ0n) is 2.01. The van der Waals surface area contributed by atoms with Gasteiger partial charge in [-0.25, -0.2) is 0 Å². The van der Waals surface area contributed by atoms with Crippen molar-refractivity contribution in [3.8, 4) is 0 Å². The Morgan fingerprint density at radius 2 is 2.25 bits per heavy atom. The normalized spacial score (nSPS) is 11.2. The van der Waals surface area contributed by atoms with Gasteiger partial charge in [0.2, 0.25) is 0 Å². The molecule has 0 aliphatic rings. The van der Waals surface area contributed by atoms with Gasteiger partial charge in [-0.3, -0.25) is 4.57 Å². The highest BCUT2D eigenvalue weighted by Crippen LogP contribution is 1.74. The van der Waals surface area contributed by atoms with Crippen LogP contribution in [0, 0.1) is 0 Å². The number of rotatable bonds is 1. The molecule has 0 radical (unpaired) electrons. The van der Waals surface area contributed by atoms with E-state index >= 15 is 0 Å². The van der Waals surface area contributed by atoms with E-state index in [0.29, 0.717) is 0 Å². The molecule has 0 aliphatic carbocycles. The molecule has 0 bridgehead atoms. The second-order valence-electron chi connectivity index (χ2n) is 0.271. The molecular formula is H3O2PSi. The molecule has 2 nitrogen and oxygen atoms in total. The fourth-order valence-electron chi connectivity index (χ4n) is 0. The molecule has 0 atom stereocenters. The Balaban J connectivity index is 2.30. The summed E-state index contributed by atoms with van der Waals surface area (Å²) in [4.78, 5) is 7.69. The molecular weight excluding hydrogens is 91.1 g/mol. The van der Waals surface area contributed by atoms with Gasteiger partial charge in [0.15, 0.2) is 0 Å². The maximum atomic E-state index is 9.08. The lowest BCUT2D eigenvalue weighted by atomic mass is 15.9. The van der Waals surface area contributed by atoms with Crippen molar-refractivity contribution in [3.05, 3.63) is 0 Å². The molecule has 0 aromatic rings. The van der Waals surface area contributed by atoms with Crippen molar-refractivity contribution >= 4 is 17.4 Å². The van der Waals surface area contributed by atoms with Gasteiger partial charge in [0, 0.05) is 0 Å². The van der Waals surface area contributed by atoms with Crippen LogP contribution < -0.4 is 0 Å². The van der Waals surface area contributed by atoms with Crippen LogP contribution in [0.2, 0.25) is 0 Å². The van der Waals surface area contributed by atoms with Gasteiger partial charge < -0.3 is 4.80 Å². The first-order valence-electron chi connectivity index (χ1n) is 0.815. The van der Waals surface area contributed by atoms with Crippen LogP contribution in [0.15, 0.2) is 0 Å². The Hall–Kier alpha value is 0.277. The maximum absolute atomic E-state index is 9.08. The summed E-state index contributed by atoms with van der Waals surface area (Å²) in [5.74, 6) is 0. The van der Waals surface area contributed by atoms with E-state index in [1.807, 2.05) is 0 Å². The summed E-state index contributed by atoms with van der Waals surface area (Å²) < 4.78 is 9.08. The minimum Gasteiger partial charge on any atom is -0.427 e. The van der Waals surface area contributed by atoms with Crippen LogP contribution in [-0.4, -0.2) is 14.2 Å². The average Bonchev–Trinajstić information content (AvgIpc) is 1.37. The third-order valence-electron chi connectivity index (χ3n) is 0.0577. The molecule has 0 heterocycles. The summed E-state index contributed by atoms with van der Waals surface area (Å²) in [6.45, 7) is 0. The van der Waals surface area contributed by atoms with Crippen LogP contribution in [0.1, 0.15) is 0 Å². The van der Waals surface area contributed by atoms with Crippen molar-refractivity contribution in [3.63, 3.8) is 0 Å². The van der Waals surface area contributed by atoms with Gasteiger partial charge in [-0.15, -0.1) is 0 Å². The number of hydrogen-bond acceptors (Lipinski definition) is 2. The second-order valence-corrected chi connectivity index (χ2v) is 2.43. The summed E-state index contributed by atoms with van der Waals surface area (Å²) in [7, 11) is -1.22. The molecule has 0 rings (SSSR count). The molecule has 0 fully saturated rings. The first-order chi connectivity index (χ1) is 1.91. The standard InChI is InChI=1S/H3O2PSi/c1-3-4-2/h2H,4H2. The summed E-state index contributed by atoms with van der Waals surface area (Å²) in [5.41, 5.74) is 0. The van der Waals surface area contributed by atoms with E-state index in [1.165, 1.54) is 0 Å². The van der Waals surface area contributed by atoms with Crippen molar-refractivity contribution in [1.29, 1.82) is 0 Å². The smallest absolute Gasteiger partial charge is 0.262 e. The lowest BCUT2D eigenvalue weighted by molar-refractivity contribution is 0.590. The van der Waals surface area contributed by atoms with Crippen LogP contribution in [0.5, 0.6) is 0 Å². The van der Waals surface area contributed by atoms with Gasteiger partial charge in [-0.2, -0.15) is 0 Å². The van der Waals surface area contributed by atoms with Crippen LogP contribution in [0.3, 0.4) is 0 Å². The molecule has 0 unspecified atom stereocenters. The highest BCUT2D eigenvalue weighted by atomic mass is 31.3. The van der Waals surface area contributed by atoms with E-state index in [1.54, 1.807) is 0 Å². The maximum Gasteiger partial charge on any atom is 0.262 e. The third-order valence-corrected chi connectivity index (χ3v) is 0.520. The Morgan fingerprint density at radius 3 is 2.25 bits per heavy atom. The minimum atomic E-state index is -1.16. The fourth-order valence-corrected chi connectivity index (χ4v) is 0. The molecule has 0 aromatic carbocycles. The van der Waals surface area contributed by atoms with Gasteiger partial charge in [-0.1, -0.05) is 0 Å². The molecule has 4 heavy (non-hydrogen) atoms. The average molecular weight is 94.1 g/mol. The predicted molar refractivity (Wildman–Crippen MR) is 18.4 cm³/mol. The zero-order valence-corrected chi connectivity index (χ0v) is 4.32. The topological polar surface area (TPSA) is 37.3 Å². The van der Waals surface area contributed by atoms with Crippen molar-refractivity contribution in [2.24, 2.45) is 0 Å². The Kier molecular flexibility index (Phi) is 3.50. The molecule has 0 aromatic heterocycles. The van der Waals surface area contributed by atoms with Crippen molar-refractivity contribution in [2.75, 3.05) is 0 Å². The van der Waals surface area contributed by atoms with Crippen LogP contribution >= 0.6 is 8.01 Å². The summed E-state index contributed by atoms with van der Waals surface area (Å²) in [6, 6.07) is 0. The molecule has 0 saturated heterocycles. The Labute approximate surface area is 27.8 Å². The molecule has 24 valence electrons. The third kappa shape index (κ3) is 2.28. The van der Waals surface area contributed by atoms with Crippen molar-refractivity contribution < 1.29 is 9.36 Å². The Bertz CT molecular complexity index is 20.0. The SMILES string of the molecule is O=P[SiH2]O. The molecule has 4 heteroatoms. The van der Waals surface area contributed by atoms with Crippen molar-refractivity contribution in [2.45, 2.75) is 0 Å². The van der Waals surface area contributed by atoms with Gasteiger partial charge in [0.1, 0.15) is 8.01 Å². The highest BCUT2D eigenvalue weighted by molar-refractivity contribution is 7.59. The van der Waals surface area contributed by atoms with E-state index in [9.17, 15) is 0 Å². The second kappa shape index (κ2) is 3.28. The first kappa shape index (κ1) is 4.28. The van der Waals surface area contributed by atoms with Gasteiger partial charge in [-0.05, 0) is 0 Å².